The lowest BCUT2D eigenvalue weighted by atomic mass is 9.79. The number of halogens is 4. The maximum Gasteiger partial charge on any atom is 0.416 e. The summed E-state index contributed by atoms with van der Waals surface area (Å²) in [5.41, 5.74) is -0.696. The maximum absolute atomic E-state index is 12.6. The molecule has 0 radical (unpaired) electrons. The van der Waals surface area contributed by atoms with Crippen molar-refractivity contribution < 1.29 is 23.1 Å². The highest BCUT2D eigenvalue weighted by Crippen LogP contribution is 2.37. The molecule has 7 heteroatoms. The van der Waals surface area contributed by atoms with Crippen molar-refractivity contribution in [1.82, 2.24) is 0 Å². The van der Waals surface area contributed by atoms with Crippen LogP contribution in [0, 0.1) is 5.92 Å². The van der Waals surface area contributed by atoms with E-state index in [0.29, 0.717) is 12.8 Å². The lowest BCUT2D eigenvalue weighted by Crippen LogP contribution is -2.43. The van der Waals surface area contributed by atoms with E-state index in [1.54, 1.807) is 0 Å². The van der Waals surface area contributed by atoms with Crippen molar-refractivity contribution >= 4 is 23.3 Å². The Morgan fingerprint density at radius 1 is 1.37 bits per heavy atom. The Morgan fingerprint density at radius 2 is 2.05 bits per heavy atom. The second-order valence-corrected chi connectivity index (χ2v) is 4.87. The minimum Gasteiger partial charge on any atom is -0.481 e. The third-order valence-electron chi connectivity index (χ3n) is 3.23. The van der Waals surface area contributed by atoms with Crippen LogP contribution in [0.2, 0.25) is 5.02 Å². The molecule has 19 heavy (non-hydrogen) atoms. The van der Waals surface area contributed by atoms with Crippen LogP contribution in [0.4, 0.5) is 18.9 Å². The highest BCUT2D eigenvalue weighted by molar-refractivity contribution is 6.33. The quantitative estimate of drug-likeness (QED) is 0.894. The number of carboxylic acid groups (broad SMARTS) is 1. The Morgan fingerprint density at radius 3 is 2.53 bits per heavy atom. The standard InChI is InChI=1S/C12H11ClF3NO2/c13-8-3-1-6(12(14,15)16)5-10(8)17-9-4-2-7(9)11(18)19/h1,3,5,7,9,17H,2,4H2,(H,18,19). The third kappa shape index (κ3) is 2.94. The van der Waals surface area contributed by atoms with Crippen LogP contribution in [0.1, 0.15) is 18.4 Å². The first-order valence-corrected chi connectivity index (χ1v) is 6.03. The minimum atomic E-state index is -4.45. The van der Waals surface area contributed by atoms with E-state index in [1.165, 1.54) is 0 Å². The molecule has 0 aliphatic heterocycles. The maximum atomic E-state index is 12.6. The van der Waals surface area contributed by atoms with Gasteiger partial charge in [-0.15, -0.1) is 0 Å². The summed E-state index contributed by atoms with van der Waals surface area (Å²) in [7, 11) is 0. The predicted molar refractivity (Wildman–Crippen MR) is 64.2 cm³/mol. The number of hydrogen-bond acceptors (Lipinski definition) is 2. The first-order valence-electron chi connectivity index (χ1n) is 5.65. The first-order chi connectivity index (χ1) is 8.79. The van der Waals surface area contributed by atoms with Crippen molar-refractivity contribution in [2.75, 3.05) is 5.32 Å². The van der Waals surface area contributed by atoms with Gasteiger partial charge in [0.2, 0.25) is 0 Å². The molecule has 2 atom stereocenters. The molecule has 0 saturated heterocycles. The number of aliphatic carboxylic acids is 1. The summed E-state index contributed by atoms with van der Waals surface area (Å²) < 4.78 is 37.7. The van der Waals surface area contributed by atoms with Crippen molar-refractivity contribution in [2.45, 2.75) is 25.1 Å². The van der Waals surface area contributed by atoms with Crippen LogP contribution in [-0.4, -0.2) is 17.1 Å². The molecular weight excluding hydrogens is 283 g/mol. The molecule has 0 heterocycles. The van der Waals surface area contributed by atoms with Gasteiger partial charge in [-0.2, -0.15) is 13.2 Å². The molecule has 1 aliphatic carbocycles. The van der Waals surface area contributed by atoms with Gasteiger partial charge in [0.15, 0.2) is 0 Å². The molecule has 0 bridgehead atoms. The van der Waals surface area contributed by atoms with Crippen molar-refractivity contribution in [3.05, 3.63) is 28.8 Å². The molecule has 1 aromatic rings. The normalized spacial score (nSPS) is 22.7. The van der Waals surface area contributed by atoms with Crippen LogP contribution in [0.5, 0.6) is 0 Å². The number of anilines is 1. The van der Waals surface area contributed by atoms with Crippen LogP contribution in [0.25, 0.3) is 0 Å². The number of nitrogens with one attached hydrogen (secondary N) is 1. The average molecular weight is 294 g/mol. The van der Waals surface area contributed by atoms with Crippen LogP contribution in [0.15, 0.2) is 18.2 Å². The fourth-order valence-electron chi connectivity index (χ4n) is 1.98. The summed E-state index contributed by atoms with van der Waals surface area (Å²) in [4.78, 5) is 10.8. The lowest BCUT2D eigenvalue weighted by molar-refractivity contribution is -0.145. The van der Waals surface area contributed by atoms with Gasteiger partial charge < -0.3 is 10.4 Å². The Labute approximate surface area is 112 Å². The second kappa shape index (κ2) is 4.92. The van der Waals surface area contributed by atoms with Gasteiger partial charge in [-0.05, 0) is 31.0 Å². The molecule has 1 aliphatic rings. The molecule has 2 rings (SSSR count). The van der Waals surface area contributed by atoms with E-state index in [1.807, 2.05) is 0 Å². The van der Waals surface area contributed by atoms with Crippen molar-refractivity contribution in [3.8, 4) is 0 Å². The van der Waals surface area contributed by atoms with Gasteiger partial charge in [0.1, 0.15) is 0 Å². The zero-order valence-electron chi connectivity index (χ0n) is 9.67. The highest BCUT2D eigenvalue weighted by Gasteiger charge is 2.37. The van der Waals surface area contributed by atoms with Crippen molar-refractivity contribution in [3.63, 3.8) is 0 Å². The van der Waals surface area contributed by atoms with E-state index in [4.69, 9.17) is 16.7 Å². The SMILES string of the molecule is O=C(O)C1CCC1Nc1cc(C(F)(F)F)ccc1Cl. The van der Waals surface area contributed by atoms with Gasteiger partial charge >= 0.3 is 12.1 Å². The molecule has 3 nitrogen and oxygen atoms in total. The summed E-state index contributed by atoms with van der Waals surface area (Å²) in [5, 5.41) is 11.8. The molecule has 0 amide bonds. The van der Waals surface area contributed by atoms with Crippen LogP contribution < -0.4 is 5.32 Å². The van der Waals surface area contributed by atoms with Crippen LogP contribution in [0.3, 0.4) is 0 Å². The number of alkyl halides is 3. The van der Waals surface area contributed by atoms with Crippen LogP contribution >= 0.6 is 11.6 Å². The molecular formula is C12H11ClF3NO2. The highest BCUT2D eigenvalue weighted by atomic mass is 35.5. The second-order valence-electron chi connectivity index (χ2n) is 4.47. The molecule has 0 aromatic heterocycles. The van der Waals surface area contributed by atoms with Crippen molar-refractivity contribution in [1.29, 1.82) is 0 Å². The Hall–Kier alpha value is -1.43. The Balaban J connectivity index is 2.18. The predicted octanol–water partition coefficient (Wildman–Crippen LogP) is 3.63. The molecule has 0 spiro atoms. The number of hydrogen-bond donors (Lipinski definition) is 2. The Kier molecular flexibility index (Phi) is 3.62. The number of carbonyl (C=O) groups is 1. The van der Waals surface area contributed by atoms with Gasteiger partial charge in [-0.3, -0.25) is 4.79 Å². The van der Waals surface area contributed by atoms with Gasteiger partial charge in [0.05, 0.1) is 22.2 Å². The van der Waals surface area contributed by atoms with Crippen molar-refractivity contribution in [2.24, 2.45) is 5.92 Å². The molecule has 1 saturated carbocycles. The summed E-state index contributed by atoms with van der Waals surface area (Å²) in [6.45, 7) is 0. The fraction of sp³-hybridized carbons (Fsp3) is 0.417. The largest absolute Gasteiger partial charge is 0.481 e. The van der Waals surface area contributed by atoms with E-state index in [9.17, 15) is 18.0 Å². The van der Waals surface area contributed by atoms with Crippen LogP contribution in [-0.2, 0) is 11.0 Å². The van der Waals surface area contributed by atoms with E-state index >= 15 is 0 Å². The molecule has 1 aromatic carbocycles. The third-order valence-corrected chi connectivity index (χ3v) is 3.56. The molecule has 2 unspecified atom stereocenters. The number of carboxylic acids is 1. The first kappa shape index (κ1) is 14.0. The molecule has 2 N–H and O–H groups in total. The number of benzene rings is 1. The molecule has 1 fully saturated rings. The zero-order valence-corrected chi connectivity index (χ0v) is 10.4. The average Bonchev–Trinajstić information content (AvgIpc) is 2.23. The van der Waals surface area contributed by atoms with E-state index in [-0.39, 0.29) is 16.8 Å². The Bertz CT molecular complexity index is 504. The van der Waals surface area contributed by atoms with Gasteiger partial charge in [-0.25, -0.2) is 0 Å². The summed E-state index contributed by atoms with van der Waals surface area (Å²) in [5.74, 6) is -1.53. The lowest BCUT2D eigenvalue weighted by Gasteiger charge is -2.35. The number of rotatable bonds is 3. The topological polar surface area (TPSA) is 49.3 Å². The van der Waals surface area contributed by atoms with Gasteiger partial charge in [0, 0.05) is 6.04 Å². The van der Waals surface area contributed by atoms with Gasteiger partial charge in [-0.1, -0.05) is 11.6 Å². The van der Waals surface area contributed by atoms with Gasteiger partial charge in [0.25, 0.3) is 0 Å². The van der Waals surface area contributed by atoms with E-state index in [0.717, 1.165) is 18.2 Å². The summed E-state index contributed by atoms with van der Waals surface area (Å²) >= 11 is 5.82. The zero-order chi connectivity index (χ0) is 14.2. The fourth-order valence-corrected chi connectivity index (χ4v) is 2.15. The van der Waals surface area contributed by atoms with E-state index in [2.05, 4.69) is 5.32 Å². The van der Waals surface area contributed by atoms with E-state index < -0.39 is 23.6 Å². The molecule has 104 valence electrons. The minimum absolute atomic E-state index is 0.118. The smallest absolute Gasteiger partial charge is 0.416 e. The summed E-state index contributed by atoms with van der Waals surface area (Å²) in [6, 6.07) is 2.57. The monoisotopic (exact) mass is 293 g/mol. The summed E-state index contributed by atoms with van der Waals surface area (Å²) in [6.07, 6.45) is -3.33.